The van der Waals surface area contributed by atoms with Gasteiger partial charge in [0.2, 0.25) is 15.9 Å². The van der Waals surface area contributed by atoms with Crippen molar-refractivity contribution in [2.24, 2.45) is 0 Å². The first-order chi connectivity index (χ1) is 14.5. The molecule has 0 saturated carbocycles. The third-order valence-electron chi connectivity index (χ3n) is 4.21. The fourth-order valence-corrected chi connectivity index (χ4v) is 4.27. The molecule has 0 fully saturated rings. The van der Waals surface area contributed by atoms with Crippen LogP contribution in [0.3, 0.4) is 0 Å². The Labute approximate surface area is 192 Å². The van der Waals surface area contributed by atoms with E-state index >= 15 is 0 Å². The summed E-state index contributed by atoms with van der Waals surface area (Å²) in [5.41, 5.74) is 1.00. The van der Waals surface area contributed by atoms with E-state index in [0.29, 0.717) is 16.3 Å². The summed E-state index contributed by atoms with van der Waals surface area (Å²) in [7, 11) is -3.64. The monoisotopic (exact) mass is 485 g/mol. The Balaban J connectivity index is 2.06. The molecule has 0 bridgehead atoms. The molecule has 2 amide bonds. The van der Waals surface area contributed by atoms with Crippen LogP contribution in [0.25, 0.3) is 0 Å². The number of halogens is 2. The van der Waals surface area contributed by atoms with Gasteiger partial charge in [0.25, 0.3) is 5.91 Å². The lowest BCUT2D eigenvalue weighted by Gasteiger charge is -2.23. The molecule has 0 heterocycles. The molecule has 0 aliphatic rings. The van der Waals surface area contributed by atoms with E-state index in [4.69, 9.17) is 23.2 Å². The highest BCUT2D eigenvalue weighted by molar-refractivity contribution is 7.92. The summed E-state index contributed by atoms with van der Waals surface area (Å²) >= 11 is 12.1. The van der Waals surface area contributed by atoms with Crippen LogP contribution in [0.5, 0.6) is 0 Å². The molecule has 0 aromatic heterocycles. The molecule has 0 radical (unpaired) electrons. The van der Waals surface area contributed by atoms with Crippen LogP contribution in [-0.2, 0) is 14.8 Å². The zero-order chi connectivity index (χ0) is 23.2. The van der Waals surface area contributed by atoms with Crippen LogP contribution in [0.4, 0.5) is 11.4 Å². The maximum Gasteiger partial charge on any atom is 0.253 e. The number of nitrogens with one attached hydrogen (secondary N) is 2. The van der Waals surface area contributed by atoms with Gasteiger partial charge < -0.3 is 10.6 Å². The van der Waals surface area contributed by atoms with E-state index in [1.807, 2.05) is 13.8 Å². The maximum atomic E-state index is 12.4. The van der Waals surface area contributed by atoms with Gasteiger partial charge in [-0.1, -0.05) is 35.3 Å². The van der Waals surface area contributed by atoms with Gasteiger partial charge in [0.05, 0.1) is 28.2 Å². The van der Waals surface area contributed by atoms with E-state index in [2.05, 4.69) is 10.6 Å². The minimum atomic E-state index is -3.64. The van der Waals surface area contributed by atoms with Gasteiger partial charge in [-0.15, -0.1) is 0 Å². The zero-order valence-electron chi connectivity index (χ0n) is 17.5. The van der Waals surface area contributed by atoms with Gasteiger partial charge in [0.15, 0.2) is 0 Å². The molecular formula is C21H25Cl2N3O4S. The minimum Gasteiger partial charge on any atom is -0.350 e. The third-order valence-corrected chi connectivity index (χ3v) is 5.94. The van der Waals surface area contributed by atoms with Crippen LogP contribution >= 0.6 is 23.2 Å². The number of para-hydroxylation sites is 1. The molecule has 2 rings (SSSR count). The second-order valence-electron chi connectivity index (χ2n) is 7.26. The van der Waals surface area contributed by atoms with Crippen LogP contribution < -0.4 is 14.9 Å². The SMILES string of the molecule is CC(C)NC(=O)c1ccccc1NC(=O)CCCN(c1cc(Cl)ccc1Cl)S(C)(=O)=O. The normalized spacial score (nSPS) is 11.3. The lowest BCUT2D eigenvalue weighted by molar-refractivity contribution is -0.116. The van der Waals surface area contributed by atoms with Crippen LogP contribution in [-0.4, -0.2) is 39.1 Å². The molecule has 2 aromatic rings. The van der Waals surface area contributed by atoms with Crippen molar-refractivity contribution in [2.75, 3.05) is 22.4 Å². The Hall–Kier alpha value is -2.29. The van der Waals surface area contributed by atoms with Crippen molar-refractivity contribution in [2.45, 2.75) is 32.7 Å². The standard InChI is InChI=1S/C21H25Cl2N3O4S/c1-14(2)24-21(28)16-7-4-5-8-18(16)25-20(27)9-6-12-26(31(3,29)30)19-13-15(22)10-11-17(19)23/h4-5,7-8,10-11,13-14H,6,9,12H2,1-3H3,(H,24,28)(H,25,27). The first-order valence-electron chi connectivity index (χ1n) is 9.61. The van der Waals surface area contributed by atoms with E-state index in [-0.39, 0.29) is 48.0 Å². The third kappa shape index (κ3) is 7.41. The molecule has 2 N–H and O–H groups in total. The number of hydrogen-bond donors (Lipinski definition) is 2. The van der Waals surface area contributed by atoms with E-state index in [1.54, 1.807) is 30.3 Å². The highest BCUT2D eigenvalue weighted by Crippen LogP contribution is 2.31. The fourth-order valence-electron chi connectivity index (χ4n) is 2.87. The topological polar surface area (TPSA) is 95.6 Å². The van der Waals surface area contributed by atoms with Crippen LogP contribution in [0.2, 0.25) is 10.0 Å². The average molecular weight is 486 g/mol. The number of carbonyl (C=O) groups is 2. The summed E-state index contributed by atoms with van der Waals surface area (Å²) in [5, 5.41) is 6.10. The van der Waals surface area contributed by atoms with Gasteiger partial charge in [-0.2, -0.15) is 0 Å². The number of hydrogen-bond acceptors (Lipinski definition) is 4. The molecule has 0 saturated heterocycles. The van der Waals surface area contributed by atoms with Crippen molar-refractivity contribution in [3.8, 4) is 0 Å². The molecule has 0 aliphatic heterocycles. The summed E-state index contributed by atoms with van der Waals surface area (Å²) in [6.07, 6.45) is 1.35. The number of benzene rings is 2. The summed E-state index contributed by atoms with van der Waals surface area (Å²) in [6.45, 7) is 3.74. The molecular weight excluding hydrogens is 461 g/mol. The number of carbonyl (C=O) groups excluding carboxylic acids is 2. The van der Waals surface area contributed by atoms with Gasteiger partial charge in [-0.3, -0.25) is 13.9 Å². The lowest BCUT2D eigenvalue weighted by Crippen LogP contribution is -2.32. The van der Waals surface area contributed by atoms with Gasteiger partial charge in [-0.25, -0.2) is 8.42 Å². The predicted molar refractivity (Wildman–Crippen MR) is 126 cm³/mol. The molecule has 0 aliphatic carbocycles. The van der Waals surface area contributed by atoms with Crippen molar-refractivity contribution >= 4 is 56.4 Å². The van der Waals surface area contributed by atoms with Crippen molar-refractivity contribution in [3.63, 3.8) is 0 Å². The van der Waals surface area contributed by atoms with Crippen LogP contribution in [0.1, 0.15) is 37.0 Å². The first kappa shape index (κ1) is 25.0. The van der Waals surface area contributed by atoms with Crippen molar-refractivity contribution in [1.29, 1.82) is 0 Å². The lowest BCUT2D eigenvalue weighted by atomic mass is 10.1. The van der Waals surface area contributed by atoms with Crippen molar-refractivity contribution in [1.82, 2.24) is 5.32 Å². The highest BCUT2D eigenvalue weighted by Gasteiger charge is 2.21. The van der Waals surface area contributed by atoms with Crippen LogP contribution in [0, 0.1) is 0 Å². The molecule has 0 atom stereocenters. The Kier molecular flexibility index (Phi) is 8.73. The molecule has 7 nitrogen and oxygen atoms in total. The molecule has 168 valence electrons. The van der Waals surface area contributed by atoms with E-state index in [1.165, 1.54) is 12.1 Å². The van der Waals surface area contributed by atoms with E-state index < -0.39 is 10.0 Å². The van der Waals surface area contributed by atoms with Gasteiger partial charge in [0.1, 0.15) is 0 Å². The second kappa shape index (κ2) is 10.8. The van der Waals surface area contributed by atoms with Crippen LogP contribution in [0.15, 0.2) is 42.5 Å². The predicted octanol–water partition coefficient (Wildman–Crippen LogP) is 4.32. The number of nitrogens with zero attached hydrogens (tertiary/aromatic N) is 1. The number of sulfonamides is 1. The fraction of sp³-hybridized carbons (Fsp3) is 0.333. The smallest absolute Gasteiger partial charge is 0.253 e. The largest absolute Gasteiger partial charge is 0.350 e. The Morgan fingerprint density at radius 3 is 2.42 bits per heavy atom. The van der Waals surface area contributed by atoms with E-state index in [9.17, 15) is 18.0 Å². The summed E-state index contributed by atoms with van der Waals surface area (Å²) < 4.78 is 25.6. The number of rotatable bonds is 9. The van der Waals surface area contributed by atoms with Gasteiger partial charge in [0, 0.05) is 24.0 Å². The molecule has 10 heteroatoms. The molecule has 0 spiro atoms. The Morgan fingerprint density at radius 1 is 1.10 bits per heavy atom. The van der Waals surface area contributed by atoms with Crippen molar-refractivity contribution < 1.29 is 18.0 Å². The summed E-state index contributed by atoms with van der Waals surface area (Å²) in [6, 6.07) is 11.2. The van der Waals surface area contributed by atoms with Crippen molar-refractivity contribution in [3.05, 3.63) is 58.1 Å². The molecule has 2 aromatic carbocycles. The van der Waals surface area contributed by atoms with Gasteiger partial charge in [-0.05, 0) is 50.6 Å². The molecule has 0 unspecified atom stereocenters. The number of amides is 2. The Bertz CT molecular complexity index is 1060. The quantitative estimate of drug-likeness (QED) is 0.552. The first-order valence-corrected chi connectivity index (χ1v) is 12.2. The Morgan fingerprint density at radius 2 is 1.77 bits per heavy atom. The average Bonchev–Trinajstić information content (AvgIpc) is 2.66. The van der Waals surface area contributed by atoms with E-state index in [0.717, 1.165) is 10.6 Å². The minimum absolute atomic E-state index is 0.0435. The summed E-state index contributed by atoms with van der Waals surface area (Å²) in [4.78, 5) is 24.8. The second-order valence-corrected chi connectivity index (χ2v) is 10.0. The maximum absolute atomic E-state index is 12.4. The molecule has 31 heavy (non-hydrogen) atoms. The highest BCUT2D eigenvalue weighted by atomic mass is 35.5. The number of anilines is 2. The summed E-state index contributed by atoms with van der Waals surface area (Å²) in [5.74, 6) is -0.625. The van der Waals surface area contributed by atoms with Gasteiger partial charge >= 0.3 is 0 Å². The zero-order valence-corrected chi connectivity index (χ0v) is 19.8.